The van der Waals surface area contributed by atoms with Crippen molar-refractivity contribution in [3.8, 4) is 0 Å². The number of nitrogens with one attached hydrogen (secondary N) is 2. The Morgan fingerprint density at radius 2 is 1.65 bits per heavy atom. The van der Waals surface area contributed by atoms with Crippen LogP contribution in [0.25, 0.3) is 0 Å². The Morgan fingerprint density at radius 3 is 2.29 bits per heavy atom. The van der Waals surface area contributed by atoms with Gasteiger partial charge in [-0.15, -0.1) is 0 Å². The van der Waals surface area contributed by atoms with Gasteiger partial charge < -0.3 is 20.3 Å². The van der Waals surface area contributed by atoms with Crippen LogP contribution < -0.4 is 15.5 Å². The molecule has 2 N–H and O–H groups in total. The van der Waals surface area contributed by atoms with Crippen LogP contribution in [0.4, 0.5) is 29.3 Å². The summed E-state index contributed by atoms with van der Waals surface area (Å²) in [6.07, 6.45) is 5.89. The standard InChI is InChI=1S/C41H48F3N5O5S/c1-3-38(50)45-32-22-31(43)23-35(24-32)55(52,53)34-13-11-33(12-14-34)48-26-40(44,27-48)25-47-19-15-28(16-20-47)41(49-17-6-18-49,29-7-4-8-30(42)21-29)36-9-5-10-37(36)46-39(51)54-2/h3-4,7-8,11-14,21-24,28,36-37H,1,5-6,9-10,15-20,25-27H2,2H3,(H,45,50)(H,46,51)/t36-,37-,41?/m0/s1. The quantitative estimate of drug-likeness (QED) is 0.207. The maximum atomic E-state index is 16.2. The molecule has 3 heterocycles. The van der Waals surface area contributed by atoms with Crippen molar-refractivity contribution in [1.82, 2.24) is 15.1 Å². The minimum Gasteiger partial charge on any atom is -0.453 e. The topological polar surface area (TPSA) is 111 Å². The van der Waals surface area contributed by atoms with E-state index in [1.165, 1.54) is 31.4 Å². The molecule has 1 saturated carbocycles. The van der Waals surface area contributed by atoms with Gasteiger partial charge in [-0.2, -0.15) is 0 Å². The molecule has 3 aromatic rings. The van der Waals surface area contributed by atoms with Crippen molar-refractivity contribution in [1.29, 1.82) is 0 Å². The van der Waals surface area contributed by atoms with Crippen LogP contribution >= 0.6 is 0 Å². The average Bonchev–Trinajstić information content (AvgIpc) is 3.60. The van der Waals surface area contributed by atoms with E-state index in [9.17, 15) is 26.8 Å². The van der Waals surface area contributed by atoms with E-state index >= 15 is 4.39 Å². The molecule has 55 heavy (non-hydrogen) atoms. The minimum atomic E-state index is -4.12. The van der Waals surface area contributed by atoms with E-state index in [-0.39, 0.29) is 58.8 Å². The van der Waals surface area contributed by atoms with Crippen molar-refractivity contribution >= 4 is 33.2 Å². The lowest BCUT2D eigenvalue weighted by atomic mass is 9.62. The van der Waals surface area contributed by atoms with Crippen LogP contribution in [-0.4, -0.2) is 94.9 Å². The summed E-state index contributed by atoms with van der Waals surface area (Å²) < 4.78 is 77.2. The number of benzene rings is 3. The van der Waals surface area contributed by atoms with E-state index < -0.39 is 38.9 Å². The number of ether oxygens (including phenoxy) is 1. The van der Waals surface area contributed by atoms with Crippen molar-refractivity contribution in [3.05, 3.63) is 96.6 Å². The Balaban J connectivity index is 1.01. The summed E-state index contributed by atoms with van der Waals surface area (Å²) in [6.45, 7) is 7.09. The molecule has 3 saturated heterocycles. The second-order valence-electron chi connectivity index (χ2n) is 15.4. The first kappa shape index (κ1) is 38.9. The zero-order chi connectivity index (χ0) is 39.0. The van der Waals surface area contributed by atoms with Crippen molar-refractivity contribution in [3.63, 3.8) is 0 Å². The Hall–Kier alpha value is -4.40. The highest BCUT2D eigenvalue weighted by atomic mass is 32.2. The van der Waals surface area contributed by atoms with Crippen molar-refractivity contribution < 1.29 is 35.9 Å². The number of likely N-dealkylation sites (tertiary alicyclic amines) is 2. The van der Waals surface area contributed by atoms with E-state index in [0.717, 1.165) is 75.4 Å². The Morgan fingerprint density at radius 1 is 0.927 bits per heavy atom. The van der Waals surface area contributed by atoms with Crippen LogP contribution in [0.2, 0.25) is 0 Å². The lowest BCUT2D eigenvalue weighted by Gasteiger charge is -2.59. The normalized spacial score (nSPS) is 22.9. The van der Waals surface area contributed by atoms with Gasteiger partial charge in [0, 0.05) is 43.0 Å². The van der Waals surface area contributed by atoms with Crippen LogP contribution in [0.5, 0.6) is 0 Å². The third-order valence-corrected chi connectivity index (χ3v) is 13.8. The molecular formula is C41H48F3N5O5S. The molecule has 4 aliphatic rings. The number of sulfone groups is 1. The highest BCUT2D eigenvalue weighted by molar-refractivity contribution is 7.91. The summed E-state index contributed by atoms with van der Waals surface area (Å²) in [5, 5.41) is 5.49. The summed E-state index contributed by atoms with van der Waals surface area (Å²) >= 11 is 0. The van der Waals surface area contributed by atoms with Crippen molar-refractivity contribution in [2.45, 2.75) is 65.6 Å². The molecule has 10 nitrogen and oxygen atoms in total. The molecule has 1 unspecified atom stereocenters. The number of piperidine rings is 1. The molecule has 7 rings (SSSR count). The first-order valence-corrected chi connectivity index (χ1v) is 20.4. The number of halogens is 3. The molecule has 0 bridgehead atoms. The van der Waals surface area contributed by atoms with E-state index in [2.05, 4.69) is 27.0 Å². The van der Waals surface area contributed by atoms with Gasteiger partial charge in [0.1, 0.15) is 11.6 Å². The summed E-state index contributed by atoms with van der Waals surface area (Å²) in [6, 6.07) is 16.0. The number of carbonyl (C=O) groups excluding carboxylic acids is 2. The number of amides is 2. The van der Waals surface area contributed by atoms with Crippen LogP contribution in [-0.2, 0) is 24.9 Å². The second-order valence-corrected chi connectivity index (χ2v) is 17.3. The van der Waals surface area contributed by atoms with Gasteiger partial charge >= 0.3 is 6.09 Å². The number of nitrogens with zero attached hydrogens (tertiary/aromatic N) is 3. The number of alkyl halides is 1. The van der Waals surface area contributed by atoms with E-state index in [0.29, 0.717) is 18.8 Å². The zero-order valence-corrected chi connectivity index (χ0v) is 31.8. The Kier molecular flexibility index (Phi) is 11.0. The molecular weight excluding hydrogens is 732 g/mol. The summed E-state index contributed by atoms with van der Waals surface area (Å²) in [7, 11) is -2.75. The fraction of sp³-hybridized carbons (Fsp3) is 0.463. The van der Waals surface area contributed by atoms with Gasteiger partial charge in [-0.1, -0.05) is 25.1 Å². The first-order chi connectivity index (χ1) is 26.3. The predicted molar refractivity (Wildman–Crippen MR) is 203 cm³/mol. The first-order valence-electron chi connectivity index (χ1n) is 19.0. The lowest BCUT2D eigenvalue weighted by Crippen LogP contribution is -2.66. The van der Waals surface area contributed by atoms with Crippen LogP contribution in [0.1, 0.15) is 44.1 Å². The molecule has 294 valence electrons. The highest BCUT2D eigenvalue weighted by Gasteiger charge is 2.56. The van der Waals surface area contributed by atoms with Gasteiger partial charge in [-0.05, 0) is 117 Å². The zero-order valence-electron chi connectivity index (χ0n) is 31.0. The molecule has 3 aliphatic heterocycles. The van der Waals surface area contributed by atoms with Crippen LogP contribution in [0, 0.1) is 23.5 Å². The average molecular weight is 780 g/mol. The number of hydrogen-bond acceptors (Lipinski definition) is 8. The third kappa shape index (κ3) is 7.73. The minimum absolute atomic E-state index is 0.0124. The summed E-state index contributed by atoms with van der Waals surface area (Å²) in [4.78, 5) is 30.3. The molecule has 0 radical (unpaired) electrons. The maximum Gasteiger partial charge on any atom is 0.407 e. The van der Waals surface area contributed by atoms with E-state index in [4.69, 9.17) is 4.74 Å². The number of carbonyl (C=O) groups is 2. The highest BCUT2D eigenvalue weighted by Crippen LogP contribution is 2.54. The fourth-order valence-electron chi connectivity index (χ4n) is 9.53. The molecule has 14 heteroatoms. The van der Waals surface area contributed by atoms with Crippen LogP contribution in [0.3, 0.4) is 0 Å². The number of alkyl carbamates (subject to hydrolysis) is 1. The molecule has 3 aromatic carbocycles. The SMILES string of the molecule is C=CC(=O)Nc1cc(F)cc(S(=O)(=O)c2ccc(N3CC(F)(CN4CCC(C(c5cccc(F)c5)([C@H]5CCC[C@@H]5NC(=O)OC)N5CCC5)CC4)C3)cc2)c1. The number of anilines is 2. The van der Waals surface area contributed by atoms with Gasteiger partial charge in [0.25, 0.3) is 0 Å². The Bertz CT molecular complexity index is 2020. The van der Waals surface area contributed by atoms with Gasteiger partial charge in [-0.3, -0.25) is 14.6 Å². The summed E-state index contributed by atoms with van der Waals surface area (Å²) in [5.74, 6) is -1.47. The monoisotopic (exact) mass is 779 g/mol. The number of methoxy groups -OCH3 is 1. The molecule has 4 fully saturated rings. The molecule has 3 atom stereocenters. The second kappa shape index (κ2) is 15.6. The smallest absolute Gasteiger partial charge is 0.407 e. The van der Waals surface area contributed by atoms with E-state index in [1.807, 2.05) is 11.0 Å². The largest absolute Gasteiger partial charge is 0.453 e. The fourth-order valence-corrected chi connectivity index (χ4v) is 10.8. The van der Waals surface area contributed by atoms with Crippen LogP contribution in [0.15, 0.2) is 89.2 Å². The third-order valence-electron chi connectivity index (χ3n) is 12.0. The molecule has 0 aromatic heterocycles. The number of hydrogen-bond donors (Lipinski definition) is 2. The van der Waals surface area contributed by atoms with Gasteiger partial charge in [0.15, 0.2) is 5.67 Å². The Labute approximate surface area is 320 Å². The molecule has 1 aliphatic carbocycles. The van der Waals surface area contributed by atoms with Gasteiger partial charge in [0.05, 0.1) is 35.5 Å². The predicted octanol–water partition coefficient (Wildman–Crippen LogP) is 6.29. The number of rotatable bonds is 12. The van der Waals surface area contributed by atoms with Gasteiger partial charge in [0.2, 0.25) is 15.7 Å². The molecule has 0 spiro atoms. The van der Waals surface area contributed by atoms with Crippen molar-refractivity contribution in [2.75, 3.05) is 63.1 Å². The lowest BCUT2D eigenvalue weighted by molar-refractivity contribution is -0.111. The maximum absolute atomic E-state index is 16.2. The van der Waals surface area contributed by atoms with Crippen molar-refractivity contribution in [2.24, 2.45) is 11.8 Å². The van der Waals surface area contributed by atoms with E-state index in [1.54, 1.807) is 24.3 Å². The van der Waals surface area contributed by atoms with Gasteiger partial charge in [-0.25, -0.2) is 26.4 Å². The molecule has 2 amide bonds. The summed E-state index contributed by atoms with van der Waals surface area (Å²) in [5.41, 5.74) is -0.328.